The highest BCUT2D eigenvalue weighted by Gasteiger charge is 2.15. The first-order chi connectivity index (χ1) is 13.9. The molecule has 2 N–H and O–H groups in total. The first kappa shape index (κ1) is 21.2. The molecule has 0 bridgehead atoms. The Bertz CT molecular complexity index is 1030. The van der Waals surface area contributed by atoms with Crippen molar-refractivity contribution >= 4 is 58.2 Å². The lowest BCUT2D eigenvalue weighted by Crippen LogP contribution is -2.22. The summed E-state index contributed by atoms with van der Waals surface area (Å²) in [4.78, 5) is 25.6. The van der Waals surface area contributed by atoms with Gasteiger partial charge in [-0.3, -0.25) is 9.59 Å². The van der Waals surface area contributed by atoms with E-state index >= 15 is 0 Å². The summed E-state index contributed by atoms with van der Waals surface area (Å²) in [6.45, 7) is 1.83. The highest BCUT2D eigenvalue weighted by molar-refractivity contribution is 8.00. The van der Waals surface area contributed by atoms with Gasteiger partial charge in [0.25, 0.3) is 5.91 Å². The van der Waals surface area contributed by atoms with Crippen molar-refractivity contribution in [3.05, 3.63) is 88.4 Å². The van der Waals surface area contributed by atoms with Crippen molar-refractivity contribution in [1.29, 1.82) is 0 Å². The van der Waals surface area contributed by atoms with E-state index in [9.17, 15) is 9.59 Å². The van der Waals surface area contributed by atoms with E-state index in [1.165, 1.54) is 11.8 Å². The number of thioether (sulfide) groups is 1. The molecule has 0 fully saturated rings. The van der Waals surface area contributed by atoms with Crippen LogP contribution in [0.2, 0.25) is 10.0 Å². The van der Waals surface area contributed by atoms with Crippen LogP contribution in [0.3, 0.4) is 0 Å². The molecule has 148 valence electrons. The topological polar surface area (TPSA) is 58.2 Å². The highest BCUT2D eigenvalue weighted by Crippen LogP contribution is 2.26. The van der Waals surface area contributed by atoms with E-state index in [2.05, 4.69) is 10.6 Å². The molecule has 0 aliphatic carbocycles. The van der Waals surface area contributed by atoms with Gasteiger partial charge in [-0.2, -0.15) is 0 Å². The molecule has 0 aliphatic heterocycles. The Morgan fingerprint density at radius 3 is 2.14 bits per heavy atom. The molecular formula is C22H18Cl2N2O2S. The third kappa shape index (κ3) is 6.26. The summed E-state index contributed by atoms with van der Waals surface area (Å²) in [5.41, 5.74) is 1.81. The fraction of sp³-hybridized carbons (Fsp3) is 0.0909. The Morgan fingerprint density at radius 2 is 1.48 bits per heavy atom. The first-order valence-corrected chi connectivity index (χ1v) is 10.4. The number of rotatable bonds is 6. The molecule has 3 aromatic rings. The lowest BCUT2D eigenvalue weighted by Gasteiger charge is -2.13. The number of nitrogens with one attached hydrogen (secondary N) is 2. The van der Waals surface area contributed by atoms with Gasteiger partial charge in [0, 0.05) is 31.9 Å². The fourth-order valence-corrected chi connectivity index (χ4v) is 3.77. The number of anilines is 2. The number of amides is 2. The highest BCUT2D eigenvalue weighted by atomic mass is 35.5. The molecule has 0 radical (unpaired) electrons. The summed E-state index contributed by atoms with van der Waals surface area (Å²) in [6, 6.07) is 21.1. The fourth-order valence-electron chi connectivity index (χ4n) is 2.52. The van der Waals surface area contributed by atoms with Crippen molar-refractivity contribution in [3.8, 4) is 0 Å². The minimum atomic E-state index is -0.305. The summed E-state index contributed by atoms with van der Waals surface area (Å²) in [6.07, 6.45) is 0. The predicted octanol–water partition coefficient (Wildman–Crippen LogP) is 6.37. The maximum absolute atomic E-state index is 12.4. The van der Waals surface area contributed by atoms with E-state index < -0.39 is 0 Å². The molecule has 0 heterocycles. The Labute approximate surface area is 183 Å². The second kappa shape index (κ2) is 9.83. The molecule has 3 aromatic carbocycles. The molecular weight excluding hydrogens is 427 g/mol. The largest absolute Gasteiger partial charge is 0.325 e. The van der Waals surface area contributed by atoms with Crippen LogP contribution in [0.5, 0.6) is 0 Å². The van der Waals surface area contributed by atoms with Gasteiger partial charge in [0.15, 0.2) is 0 Å². The molecule has 3 rings (SSSR count). The molecule has 0 saturated heterocycles. The van der Waals surface area contributed by atoms with Crippen molar-refractivity contribution in [2.75, 3.05) is 10.6 Å². The number of hydrogen-bond donors (Lipinski definition) is 2. The SMILES string of the molecule is CC(Sc1ccc(NC(=O)c2cccc(Cl)c2)cc1)C(=O)Nc1cccc(Cl)c1. The van der Waals surface area contributed by atoms with Crippen molar-refractivity contribution in [3.63, 3.8) is 0 Å². The summed E-state index contributed by atoms with van der Waals surface area (Å²) < 4.78 is 0. The van der Waals surface area contributed by atoms with Crippen LogP contribution in [-0.4, -0.2) is 17.1 Å². The molecule has 1 unspecified atom stereocenters. The number of benzene rings is 3. The van der Waals surface area contributed by atoms with Crippen LogP contribution in [0.4, 0.5) is 11.4 Å². The van der Waals surface area contributed by atoms with E-state index in [-0.39, 0.29) is 17.1 Å². The molecule has 0 aliphatic rings. The van der Waals surface area contributed by atoms with Crippen LogP contribution in [-0.2, 0) is 4.79 Å². The lowest BCUT2D eigenvalue weighted by atomic mass is 10.2. The second-order valence-electron chi connectivity index (χ2n) is 6.25. The third-order valence-electron chi connectivity index (χ3n) is 3.97. The summed E-state index contributed by atoms with van der Waals surface area (Å²) in [7, 11) is 0. The molecule has 1 atom stereocenters. The van der Waals surface area contributed by atoms with E-state index in [1.807, 2.05) is 19.1 Å². The van der Waals surface area contributed by atoms with Crippen LogP contribution >= 0.6 is 35.0 Å². The maximum Gasteiger partial charge on any atom is 0.255 e. The average molecular weight is 445 g/mol. The van der Waals surface area contributed by atoms with Crippen LogP contribution in [0.25, 0.3) is 0 Å². The van der Waals surface area contributed by atoms with Gasteiger partial charge >= 0.3 is 0 Å². The van der Waals surface area contributed by atoms with Gasteiger partial charge in [0.1, 0.15) is 0 Å². The normalized spacial score (nSPS) is 11.6. The van der Waals surface area contributed by atoms with E-state index in [1.54, 1.807) is 60.7 Å². The molecule has 0 saturated carbocycles. The van der Waals surface area contributed by atoms with Gasteiger partial charge in [-0.1, -0.05) is 35.3 Å². The maximum atomic E-state index is 12.4. The number of carbonyl (C=O) groups excluding carboxylic acids is 2. The van der Waals surface area contributed by atoms with Crippen LogP contribution in [0, 0.1) is 0 Å². The standard InChI is InChI=1S/C22H18Cl2N2O2S/c1-14(21(27)26-19-7-3-6-17(24)13-19)29-20-10-8-18(9-11-20)25-22(28)15-4-2-5-16(23)12-15/h2-14H,1H3,(H,25,28)(H,26,27). The third-order valence-corrected chi connectivity index (χ3v) is 5.56. The minimum absolute atomic E-state index is 0.115. The zero-order valence-electron chi connectivity index (χ0n) is 15.5. The van der Waals surface area contributed by atoms with Gasteiger partial charge in [-0.25, -0.2) is 0 Å². The second-order valence-corrected chi connectivity index (χ2v) is 8.54. The summed E-state index contributed by atoms with van der Waals surface area (Å²) in [5, 5.41) is 6.45. The van der Waals surface area contributed by atoms with Crippen LogP contribution in [0.15, 0.2) is 77.7 Å². The smallest absolute Gasteiger partial charge is 0.255 e. The number of carbonyl (C=O) groups is 2. The average Bonchev–Trinajstić information content (AvgIpc) is 2.69. The summed E-state index contributed by atoms with van der Waals surface area (Å²) in [5.74, 6) is -0.349. The van der Waals surface area contributed by atoms with Crippen molar-refractivity contribution in [2.24, 2.45) is 0 Å². The van der Waals surface area contributed by atoms with Crippen LogP contribution in [0.1, 0.15) is 17.3 Å². The quantitative estimate of drug-likeness (QED) is 0.434. The minimum Gasteiger partial charge on any atom is -0.325 e. The van der Waals surface area contributed by atoms with Gasteiger partial charge in [0.05, 0.1) is 5.25 Å². The van der Waals surface area contributed by atoms with Gasteiger partial charge < -0.3 is 10.6 Å². The van der Waals surface area contributed by atoms with E-state index in [0.29, 0.717) is 27.0 Å². The Hall–Kier alpha value is -2.47. The molecule has 0 spiro atoms. The molecule has 4 nitrogen and oxygen atoms in total. The Kier molecular flexibility index (Phi) is 7.20. The van der Waals surface area contributed by atoms with Gasteiger partial charge in [-0.05, 0) is 67.6 Å². The zero-order valence-corrected chi connectivity index (χ0v) is 17.8. The van der Waals surface area contributed by atoms with Crippen molar-refractivity contribution in [1.82, 2.24) is 0 Å². The van der Waals surface area contributed by atoms with Crippen LogP contribution < -0.4 is 10.6 Å². The molecule has 7 heteroatoms. The lowest BCUT2D eigenvalue weighted by molar-refractivity contribution is -0.115. The van der Waals surface area contributed by atoms with Crippen molar-refractivity contribution in [2.45, 2.75) is 17.1 Å². The Balaban J connectivity index is 1.57. The van der Waals surface area contributed by atoms with Gasteiger partial charge in [-0.15, -0.1) is 11.8 Å². The van der Waals surface area contributed by atoms with E-state index in [4.69, 9.17) is 23.2 Å². The first-order valence-electron chi connectivity index (χ1n) is 8.81. The van der Waals surface area contributed by atoms with E-state index in [0.717, 1.165) is 4.90 Å². The molecule has 2 amide bonds. The number of hydrogen-bond acceptors (Lipinski definition) is 3. The summed E-state index contributed by atoms with van der Waals surface area (Å²) >= 11 is 13.3. The Morgan fingerprint density at radius 1 is 0.828 bits per heavy atom. The number of halogens is 2. The zero-order chi connectivity index (χ0) is 20.8. The van der Waals surface area contributed by atoms with Gasteiger partial charge in [0.2, 0.25) is 5.91 Å². The van der Waals surface area contributed by atoms with Crippen molar-refractivity contribution < 1.29 is 9.59 Å². The predicted molar refractivity (Wildman–Crippen MR) is 121 cm³/mol. The molecule has 29 heavy (non-hydrogen) atoms. The monoisotopic (exact) mass is 444 g/mol. The molecule has 0 aromatic heterocycles.